The molecule has 0 aromatic carbocycles. The molecule has 182 valence electrons. The molecule has 3 nitrogen and oxygen atoms in total. The second-order valence-corrected chi connectivity index (χ2v) is 4.71. The molecule has 1 aliphatic rings. The number of hydrogen-bond donors (Lipinski definition) is 0. The topological polar surface area (TPSA) is 27.7 Å². The van der Waals surface area contributed by atoms with E-state index in [1.54, 1.807) is 0 Å². The summed E-state index contributed by atoms with van der Waals surface area (Å²) in [6.45, 7) is -5.04. The molecule has 1 rings (SSSR count). The van der Waals surface area contributed by atoms with Gasteiger partial charge in [-0.15, -0.1) is 0 Å². The van der Waals surface area contributed by atoms with E-state index in [1.165, 1.54) is 0 Å². The van der Waals surface area contributed by atoms with E-state index in [4.69, 9.17) is 0 Å². The first kappa shape index (κ1) is 35.4. The number of rotatable bonds is 2. The average molecular weight is 472 g/mol. The van der Waals surface area contributed by atoms with Crippen molar-refractivity contribution in [2.24, 2.45) is 0 Å². The lowest BCUT2D eigenvalue weighted by Crippen LogP contribution is -2.74. The Morgan fingerprint density at radius 2 is 1.14 bits per heavy atom. The first-order valence-corrected chi connectivity index (χ1v) is 6.22. The predicted octanol–water partition coefficient (Wildman–Crippen LogP) is 6.58. The fourth-order valence-electron chi connectivity index (χ4n) is 1.38. The minimum atomic E-state index is -6.02. The SMILES string of the molecule is C.C.CC1(F)OC(F)(OCC(F)(F)F)C(C)(C(F)(F)F)OC1(F)F.CF.FCF. The first-order valence-electron chi connectivity index (χ1n) is 6.22. The summed E-state index contributed by atoms with van der Waals surface area (Å²) in [7, 11) is 0.500. The van der Waals surface area contributed by atoms with Crippen molar-refractivity contribution in [1.29, 1.82) is 0 Å². The molecule has 0 aromatic rings. The number of alkyl halides is 13. The Bertz CT molecular complexity index is 452. The highest BCUT2D eigenvalue weighted by molar-refractivity contribution is 5.00. The van der Waals surface area contributed by atoms with E-state index >= 15 is 0 Å². The van der Waals surface area contributed by atoms with Gasteiger partial charge in [-0.25, -0.2) is 13.2 Å². The number of hydrogen-bond acceptors (Lipinski definition) is 3. The average Bonchev–Trinajstić information content (AvgIpc) is 2.44. The van der Waals surface area contributed by atoms with Gasteiger partial charge in [-0.3, -0.25) is 13.9 Å². The summed E-state index contributed by atoms with van der Waals surface area (Å²) in [5.74, 6) is -4.52. The van der Waals surface area contributed by atoms with E-state index in [2.05, 4.69) is 14.2 Å². The van der Waals surface area contributed by atoms with E-state index in [1.807, 2.05) is 0 Å². The maximum absolute atomic E-state index is 14.1. The highest BCUT2D eigenvalue weighted by Crippen LogP contribution is 2.56. The molecule has 1 fully saturated rings. The number of ether oxygens (including phenoxy) is 3. The predicted molar refractivity (Wildman–Crippen MR) is 74.5 cm³/mol. The van der Waals surface area contributed by atoms with Crippen LogP contribution < -0.4 is 0 Å². The van der Waals surface area contributed by atoms with Gasteiger partial charge in [0, 0.05) is 6.92 Å². The highest BCUT2D eigenvalue weighted by atomic mass is 19.4. The molecule has 0 aromatic heterocycles. The van der Waals surface area contributed by atoms with Crippen molar-refractivity contribution >= 4 is 0 Å². The van der Waals surface area contributed by atoms with Crippen molar-refractivity contribution in [2.75, 3.05) is 20.7 Å². The van der Waals surface area contributed by atoms with Gasteiger partial charge >= 0.3 is 30.4 Å². The van der Waals surface area contributed by atoms with Gasteiger partial charge in [0.1, 0.15) is 6.61 Å². The summed E-state index contributed by atoms with van der Waals surface area (Å²) < 4.78 is 166. The fraction of sp³-hybridized carbons (Fsp3) is 1.00. The van der Waals surface area contributed by atoms with Crippen LogP contribution in [0.5, 0.6) is 0 Å². The largest absolute Gasteiger partial charge is 0.425 e. The van der Waals surface area contributed by atoms with Crippen LogP contribution in [0.4, 0.5) is 57.1 Å². The molecular formula is C13H21F13O3. The zero-order valence-electron chi connectivity index (χ0n) is 13.6. The molecule has 0 spiro atoms. The quantitative estimate of drug-likeness (QED) is 0.426. The summed E-state index contributed by atoms with van der Waals surface area (Å²) in [4.78, 5) is 0. The van der Waals surface area contributed by atoms with Crippen molar-refractivity contribution in [3.05, 3.63) is 0 Å². The van der Waals surface area contributed by atoms with Gasteiger partial charge < -0.3 is 4.74 Å². The summed E-state index contributed by atoms with van der Waals surface area (Å²) in [5.41, 5.74) is -4.72. The van der Waals surface area contributed by atoms with E-state index in [0.717, 1.165) is 0 Å². The van der Waals surface area contributed by atoms with Crippen LogP contribution >= 0.6 is 0 Å². The molecule has 16 heteroatoms. The maximum atomic E-state index is 14.1. The van der Waals surface area contributed by atoms with E-state index in [-0.39, 0.29) is 21.8 Å². The van der Waals surface area contributed by atoms with Crippen LogP contribution in [0.2, 0.25) is 0 Å². The molecular weight excluding hydrogens is 451 g/mol. The summed E-state index contributed by atoms with van der Waals surface area (Å²) in [6.07, 6.45) is -16.7. The summed E-state index contributed by atoms with van der Waals surface area (Å²) >= 11 is 0. The van der Waals surface area contributed by atoms with E-state index in [9.17, 15) is 57.1 Å². The van der Waals surface area contributed by atoms with Crippen LogP contribution in [0, 0.1) is 0 Å². The van der Waals surface area contributed by atoms with Gasteiger partial charge in [-0.1, -0.05) is 14.9 Å². The first-order chi connectivity index (χ1) is 11.8. The van der Waals surface area contributed by atoms with Crippen LogP contribution in [0.15, 0.2) is 0 Å². The van der Waals surface area contributed by atoms with Gasteiger partial charge in [0.2, 0.25) is 6.93 Å². The van der Waals surface area contributed by atoms with Gasteiger partial charge in [-0.05, 0) is 6.92 Å². The molecule has 1 aliphatic heterocycles. The number of halogens is 13. The third kappa shape index (κ3) is 8.32. The Kier molecular flexibility index (Phi) is 13.9. The van der Waals surface area contributed by atoms with Crippen molar-refractivity contribution in [2.45, 2.75) is 64.7 Å². The minimum Gasteiger partial charge on any atom is -0.312 e. The lowest BCUT2D eigenvalue weighted by Gasteiger charge is -2.51. The molecule has 3 unspecified atom stereocenters. The Morgan fingerprint density at radius 1 is 0.793 bits per heavy atom. The van der Waals surface area contributed by atoms with Crippen LogP contribution in [0.3, 0.4) is 0 Å². The van der Waals surface area contributed by atoms with Crippen LogP contribution in [-0.2, 0) is 14.2 Å². The highest BCUT2D eigenvalue weighted by Gasteiger charge is 2.81. The summed E-state index contributed by atoms with van der Waals surface area (Å²) in [5, 5.41) is 0. The normalized spacial score (nSPS) is 31.0. The fourth-order valence-corrected chi connectivity index (χ4v) is 1.38. The zero-order chi connectivity index (χ0) is 22.5. The van der Waals surface area contributed by atoms with Gasteiger partial charge in [0.25, 0.3) is 5.60 Å². The van der Waals surface area contributed by atoms with Crippen LogP contribution in [0.1, 0.15) is 28.7 Å². The smallest absolute Gasteiger partial charge is 0.312 e. The lowest BCUT2D eigenvalue weighted by atomic mass is 10.0. The summed E-state index contributed by atoms with van der Waals surface area (Å²) in [6, 6.07) is -5.01. The molecule has 3 atom stereocenters. The molecule has 0 bridgehead atoms. The third-order valence-electron chi connectivity index (χ3n) is 2.71. The Labute approximate surface area is 158 Å². The standard InChI is InChI=1S/C9H8F10O3.CH2F2.CH3F.2CH4/c1-4(7(14,15)16)9(19,20-3-6(11,12)13)22-5(2,10)8(17,18)21-4;2-1-3;1-2;;/h3H2,1-2H3;1H2;1H3;2*1H4. The molecule has 0 radical (unpaired) electrons. The van der Waals surface area contributed by atoms with Crippen LogP contribution in [-0.4, -0.2) is 56.7 Å². The molecule has 1 saturated heterocycles. The monoisotopic (exact) mass is 472 g/mol. The van der Waals surface area contributed by atoms with E-state index < -0.39 is 56.4 Å². The lowest BCUT2D eigenvalue weighted by molar-refractivity contribution is -0.584. The Hall–Kier alpha value is -1.03. The van der Waals surface area contributed by atoms with Gasteiger partial charge in [-0.2, -0.15) is 39.5 Å². The minimum absolute atomic E-state index is 0. The Balaban J connectivity index is -0.000000407. The second kappa shape index (κ2) is 11.4. The maximum Gasteiger partial charge on any atom is 0.425 e. The van der Waals surface area contributed by atoms with Gasteiger partial charge in [0.05, 0.1) is 7.18 Å². The molecule has 0 saturated carbocycles. The van der Waals surface area contributed by atoms with E-state index in [0.29, 0.717) is 7.18 Å². The third-order valence-corrected chi connectivity index (χ3v) is 2.71. The van der Waals surface area contributed by atoms with Crippen molar-refractivity contribution in [3.63, 3.8) is 0 Å². The van der Waals surface area contributed by atoms with Crippen molar-refractivity contribution in [1.82, 2.24) is 0 Å². The molecule has 0 amide bonds. The molecule has 1 heterocycles. The zero-order valence-corrected chi connectivity index (χ0v) is 13.6. The van der Waals surface area contributed by atoms with Crippen LogP contribution in [0.25, 0.3) is 0 Å². The van der Waals surface area contributed by atoms with Crippen molar-refractivity contribution < 1.29 is 71.3 Å². The molecule has 0 aliphatic carbocycles. The Morgan fingerprint density at radius 3 is 1.41 bits per heavy atom. The van der Waals surface area contributed by atoms with Gasteiger partial charge in [0.15, 0.2) is 0 Å². The molecule has 0 N–H and O–H groups in total. The molecule has 29 heavy (non-hydrogen) atoms. The van der Waals surface area contributed by atoms with Crippen molar-refractivity contribution in [3.8, 4) is 0 Å². The second-order valence-electron chi connectivity index (χ2n) is 4.71.